The summed E-state index contributed by atoms with van der Waals surface area (Å²) >= 11 is 0. The van der Waals surface area contributed by atoms with Crippen molar-refractivity contribution in [3.63, 3.8) is 0 Å². The molecule has 0 fully saturated rings. The fourth-order valence-corrected chi connectivity index (χ4v) is 16.3. The van der Waals surface area contributed by atoms with Gasteiger partial charge in [-0.25, -0.2) is 19.8 Å². The van der Waals surface area contributed by atoms with E-state index in [1.807, 2.05) is 135 Å². The molecular formula is C94H74N8O8. The number of hydrogen-bond donors (Lipinski definition) is 2. The van der Waals surface area contributed by atoms with Crippen LogP contribution in [-0.2, 0) is 0 Å². The highest BCUT2D eigenvalue weighted by Gasteiger charge is 2.43. The highest BCUT2D eigenvalue weighted by Crippen LogP contribution is 2.44. The Morgan fingerprint density at radius 3 is 0.964 bits per heavy atom. The van der Waals surface area contributed by atoms with Crippen molar-refractivity contribution < 1.29 is 38.4 Å². The maximum absolute atomic E-state index is 14.7. The first-order valence-electron chi connectivity index (χ1n) is 37.9. The van der Waals surface area contributed by atoms with Crippen molar-refractivity contribution in [2.75, 3.05) is 22.9 Å². The average Bonchev–Trinajstić information content (AvgIpc) is 1.05. The van der Waals surface area contributed by atoms with Crippen molar-refractivity contribution in [1.29, 1.82) is 0 Å². The lowest BCUT2D eigenvalue weighted by atomic mass is 9.85. The van der Waals surface area contributed by atoms with Crippen LogP contribution in [0.4, 0.5) is 11.4 Å². The van der Waals surface area contributed by atoms with Crippen molar-refractivity contribution in [2.45, 2.75) is 105 Å². The molecule has 11 aromatic rings. The Hall–Kier alpha value is -13.4. The molecule has 8 aromatic carbocycles. The van der Waals surface area contributed by atoms with Crippen molar-refractivity contribution in [3.8, 4) is 45.9 Å². The Labute approximate surface area is 635 Å². The number of carbonyl (C=O) groups is 8. The number of nitrogens with zero attached hydrogens (tertiary/aromatic N) is 6. The zero-order valence-corrected chi connectivity index (χ0v) is 61.3. The number of aromatic amines is 2. The van der Waals surface area contributed by atoms with Gasteiger partial charge in [-0.15, -0.1) is 0 Å². The number of hydrogen-bond acceptors (Lipinski definition) is 10. The van der Waals surface area contributed by atoms with Gasteiger partial charge in [0.05, 0.1) is 56.3 Å². The maximum Gasteiger partial charge on any atom is 0.265 e. The molecule has 17 rings (SSSR count). The lowest BCUT2D eigenvalue weighted by Gasteiger charge is -2.32. The number of anilines is 2. The number of aryl methyl sites for hydroxylation is 2. The summed E-state index contributed by atoms with van der Waals surface area (Å²) in [6, 6.07) is 51.5. The second kappa shape index (κ2) is 28.7. The van der Waals surface area contributed by atoms with Gasteiger partial charge in [0.25, 0.3) is 47.3 Å². The van der Waals surface area contributed by atoms with E-state index in [-0.39, 0.29) is 22.3 Å². The minimum Gasteiger partial charge on any atom is -0.354 e. The first kappa shape index (κ1) is 69.6. The lowest BCUT2D eigenvalue weighted by molar-refractivity contribution is 0.0592. The smallest absolute Gasteiger partial charge is 0.265 e. The van der Waals surface area contributed by atoms with E-state index in [1.165, 1.54) is 19.6 Å². The summed E-state index contributed by atoms with van der Waals surface area (Å²) in [4.78, 5) is 138. The number of unbranched alkanes of at least 4 members (excludes halogenated alkanes) is 10. The highest BCUT2D eigenvalue weighted by atomic mass is 16.2. The van der Waals surface area contributed by atoms with Crippen LogP contribution >= 0.6 is 0 Å². The number of amides is 8. The quantitative estimate of drug-likeness (QED) is 0.0472. The molecule has 0 spiro atoms. The van der Waals surface area contributed by atoms with E-state index in [1.54, 1.807) is 72.8 Å². The Bertz CT molecular complexity index is 5750. The number of nitrogens with one attached hydrogen (secondary N) is 2. The van der Waals surface area contributed by atoms with Gasteiger partial charge in [0.2, 0.25) is 0 Å². The van der Waals surface area contributed by atoms with Crippen LogP contribution in [0.5, 0.6) is 0 Å². The van der Waals surface area contributed by atoms with Crippen LogP contribution in [0.3, 0.4) is 0 Å². The molecule has 8 amide bonds. The fraction of sp³-hybridized carbons (Fsp3) is 0.191. The Balaban J connectivity index is 0.713. The van der Waals surface area contributed by atoms with Crippen LogP contribution in [0.15, 0.2) is 170 Å². The molecule has 0 saturated carbocycles. The largest absolute Gasteiger partial charge is 0.354 e. The SMILES string of the molecule is CCCCCCCCN1C(=O)c2ccc3c4c(ccc(c24)C1=O)C(=O)N(c1ccc(C#Cc2c4nc(c(-c5ccccc5)c5ccc([nH]5)c(C#Cc5ccc(N6C(=O)c7ccc8c9c(ccc(c79)C6=O)C(=O)N(CCCCCCCC)C8=O)c(C)c5)c5nc(c(-c6ccccc6)c6ccc2[nH]6)C=C5)C=C4)cc1C)C3=O. The Morgan fingerprint density at radius 2 is 0.627 bits per heavy atom. The third-order valence-corrected chi connectivity index (χ3v) is 21.8. The number of imide groups is 4. The molecule has 8 bridgehead atoms. The van der Waals surface area contributed by atoms with Crippen molar-refractivity contribution >= 4 is 127 Å². The minimum atomic E-state index is -0.563. The van der Waals surface area contributed by atoms with Crippen LogP contribution in [-0.4, -0.2) is 90.1 Å². The number of rotatable bonds is 18. The molecule has 110 heavy (non-hydrogen) atoms. The molecule has 16 nitrogen and oxygen atoms in total. The van der Waals surface area contributed by atoms with Gasteiger partial charge in [-0.05, 0) is 182 Å². The first-order valence-corrected chi connectivity index (χ1v) is 37.9. The molecule has 538 valence electrons. The van der Waals surface area contributed by atoms with Gasteiger partial charge in [0.15, 0.2) is 0 Å². The third-order valence-electron chi connectivity index (χ3n) is 21.8. The van der Waals surface area contributed by atoms with Crippen molar-refractivity contribution in [2.24, 2.45) is 0 Å². The maximum atomic E-state index is 14.7. The Kier molecular flexibility index (Phi) is 18.2. The van der Waals surface area contributed by atoms with E-state index >= 15 is 0 Å². The highest BCUT2D eigenvalue weighted by molar-refractivity contribution is 6.41. The second-order valence-corrected chi connectivity index (χ2v) is 28.8. The number of carbonyl (C=O) groups excluding carboxylic acids is 8. The van der Waals surface area contributed by atoms with E-state index in [9.17, 15) is 38.4 Å². The second-order valence-electron chi connectivity index (χ2n) is 28.8. The van der Waals surface area contributed by atoms with Gasteiger partial charge in [-0.1, -0.05) is 162 Å². The minimum absolute atomic E-state index is 0.228. The molecule has 6 aliphatic rings. The molecule has 0 aliphatic carbocycles. The number of benzene rings is 8. The van der Waals surface area contributed by atoms with Crippen LogP contribution in [0.2, 0.25) is 0 Å². The number of aromatic nitrogens is 4. The van der Waals surface area contributed by atoms with Crippen LogP contribution in [0.1, 0.15) is 230 Å². The predicted molar refractivity (Wildman–Crippen MR) is 432 cm³/mol. The first-order chi connectivity index (χ1) is 53.7. The monoisotopic (exact) mass is 1440 g/mol. The summed E-state index contributed by atoms with van der Waals surface area (Å²) in [6.45, 7) is 8.57. The zero-order chi connectivity index (χ0) is 75.6. The third kappa shape index (κ3) is 12.0. The van der Waals surface area contributed by atoms with E-state index in [0.29, 0.717) is 148 Å². The standard InChI is InChI=1S/C94H74N8O8/c1-5-7-9-11-13-21-51-99-87(103)63-33-37-67-85-68(38-34-64(83(63)85)88(99)104)92(108)101(91(67)107)79-49-29-57(53-55(79)3)27-31-61-71-41-45-75(95-71)81(59-23-17-15-18-24-59)77-47-43-73(97-77)62(74-44-48-78(98-74)82(60-25-19-16-20-26-60)76-46-42-72(61)96-76)32-28-58-30-50-80(56(4)54-58)102-93(109)69-39-35-65-84-66(36-40-70(86(69)84)94(102)110)90(106)100(89(65)105)52-22-14-12-10-8-6-2/h15-20,23-26,29-30,33-50,53-54,95,98H,5-14,21-22,51-52H2,1-4H3. The van der Waals surface area contributed by atoms with Gasteiger partial charge in [0.1, 0.15) is 0 Å². The van der Waals surface area contributed by atoms with E-state index in [2.05, 4.69) is 47.5 Å². The number of H-pyrrole nitrogens is 2. The topological polar surface area (TPSA) is 207 Å². The fourth-order valence-electron chi connectivity index (χ4n) is 16.3. The van der Waals surface area contributed by atoms with Gasteiger partial charge >= 0.3 is 0 Å². The molecule has 16 heteroatoms. The van der Waals surface area contributed by atoms with E-state index in [0.717, 1.165) is 97.5 Å². The summed E-state index contributed by atoms with van der Waals surface area (Å²) in [7, 11) is 0. The number of fused-ring (bicyclic) bond motifs is 8. The molecular weight excluding hydrogens is 1370 g/mol. The molecule has 2 N–H and O–H groups in total. The molecule has 0 atom stereocenters. The van der Waals surface area contributed by atoms with Gasteiger partial charge in [-0.3, -0.25) is 48.2 Å². The normalized spacial score (nSPS) is 14.0. The summed E-state index contributed by atoms with van der Waals surface area (Å²) in [5.41, 5.74) is 15.3. The van der Waals surface area contributed by atoms with Crippen LogP contribution < -0.4 is 9.80 Å². The summed E-state index contributed by atoms with van der Waals surface area (Å²) < 4.78 is 0. The summed E-state index contributed by atoms with van der Waals surface area (Å²) in [5.74, 6) is 9.90. The summed E-state index contributed by atoms with van der Waals surface area (Å²) in [6.07, 6.45) is 19.9. The Morgan fingerprint density at radius 1 is 0.318 bits per heavy atom. The van der Waals surface area contributed by atoms with E-state index in [4.69, 9.17) is 9.97 Å². The average molecular weight is 1440 g/mol. The molecule has 6 aliphatic heterocycles. The van der Waals surface area contributed by atoms with Gasteiger partial charge < -0.3 is 9.97 Å². The van der Waals surface area contributed by atoms with Crippen LogP contribution in [0, 0.1) is 37.5 Å². The molecule has 0 saturated heterocycles. The van der Waals surface area contributed by atoms with E-state index < -0.39 is 47.3 Å². The summed E-state index contributed by atoms with van der Waals surface area (Å²) in [5, 5.41) is 1.31. The van der Waals surface area contributed by atoms with Crippen molar-refractivity contribution in [3.05, 3.63) is 271 Å². The molecule has 0 unspecified atom stereocenters. The van der Waals surface area contributed by atoms with Crippen LogP contribution in [0.25, 0.3) is 90.2 Å². The molecule has 0 radical (unpaired) electrons. The molecule has 9 heterocycles. The van der Waals surface area contributed by atoms with Gasteiger partial charge in [0, 0.05) is 112 Å². The molecule has 3 aromatic heterocycles. The predicted octanol–water partition coefficient (Wildman–Crippen LogP) is 19.2. The lowest BCUT2D eigenvalue weighted by Crippen LogP contribution is -2.43. The van der Waals surface area contributed by atoms with Gasteiger partial charge in [-0.2, -0.15) is 0 Å². The zero-order valence-electron chi connectivity index (χ0n) is 61.3. The van der Waals surface area contributed by atoms with Crippen molar-refractivity contribution in [1.82, 2.24) is 29.7 Å².